The maximum absolute atomic E-state index is 12.5. The molecule has 0 aliphatic rings. The summed E-state index contributed by atoms with van der Waals surface area (Å²) in [6.07, 6.45) is 0. The van der Waals surface area contributed by atoms with Crippen molar-refractivity contribution >= 4 is 16.9 Å². The number of rotatable bonds is 5. The molecule has 0 aliphatic heterocycles. The number of carbonyl (C=O) groups excluding carboxylic acids is 1. The molecule has 0 saturated heterocycles. The van der Waals surface area contributed by atoms with Crippen molar-refractivity contribution in [3.63, 3.8) is 0 Å². The van der Waals surface area contributed by atoms with Crippen LogP contribution in [0.25, 0.3) is 22.4 Å². The monoisotopic (exact) mass is 322 g/mol. The van der Waals surface area contributed by atoms with Crippen molar-refractivity contribution in [1.29, 1.82) is 0 Å². The highest BCUT2D eigenvalue weighted by molar-refractivity contribution is 6.05. The van der Waals surface area contributed by atoms with Gasteiger partial charge in [-0.1, -0.05) is 36.4 Å². The quantitative estimate of drug-likeness (QED) is 0.785. The van der Waals surface area contributed by atoms with Crippen molar-refractivity contribution in [3.05, 3.63) is 54.1 Å². The molecule has 3 aromatic rings. The molecule has 1 aromatic heterocycles. The van der Waals surface area contributed by atoms with Gasteiger partial charge in [-0.3, -0.25) is 4.79 Å². The Balaban J connectivity index is 1.97. The number of benzene rings is 2. The van der Waals surface area contributed by atoms with E-state index in [0.29, 0.717) is 12.1 Å². The normalized spacial score (nSPS) is 11.2. The second-order valence-corrected chi connectivity index (χ2v) is 6.09. The van der Waals surface area contributed by atoms with Gasteiger partial charge in [0.2, 0.25) is 0 Å². The zero-order valence-corrected chi connectivity index (χ0v) is 14.3. The Morgan fingerprint density at radius 3 is 2.58 bits per heavy atom. The van der Waals surface area contributed by atoms with E-state index in [4.69, 9.17) is 4.98 Å². The highest BCUT2D eigenvalue weighted by Gasteiger charge is 2.16. The molecule has 1 amide bonds. The zero-order valence-electron chi connectivity index (χ0n) is 14.3. The van der Waals surface area contributed by atoms with Gasteiger partial charge in [0.25, 0.3) is 5.91 Å². The van der Waals surface area contributed by atoms with Crippen LogP contribution in [0.2, 0.25) is 0 Å². The van der Waals surface area contributed by atoms with Crippen LogP contribution < -0.4 is 5.32 Å². The van der Waals surface area contributed by atoms with E-state index < -0.39 is 0 Å². The van der Waals surface area contributed by atoms with Gasteiger partial charge in [-0.05, 0) is 26.2 Å². The van der Waals surface area contributed by atoms with Crippen LogP contribution in [0.15, 0.2) is 48.5 Å². The van der Waals surface area contributed by atoms with E-state index in [9.17, 15) is 4.79 Å². The fourth-order valence-electron chi connectivity index (χ4n) is 2.73. The van der Waals surface area contributed by atoms with Crippen LogP contribution in [0.3, 0.4) is 0 Å². The molecule has 24 heavy (non-hydrogen) atoms. The van der Waals surface area contributed by atoms with Gasteiger partial charge in [0.1, 0.15) is 11.3 Å². The minimum Gasteiger partial charge on any atom is -0.351 e. The van der Waals surface area contributed by atoms with E-state index in [2.05, 4.69) is 5.32 Å². The topological polar surface area (TPSA) is 50.2 Å². The molecule has 0 saturated carbocycles. The predicted molar refractivity (Wildman–Crippen MR) is 97.0 cm³/mol. The van der Waals surface area contributed by atoms with Gasteiger partial charge < -0.3 is 14.8 Å². The molecule has 3 rings (SSSR count). The first-order chi connectivity index (χ1) is 11.6. The fraction of sp³-hybridized carbons (Fsp3) is 0.263. The Labute approximate surface area is 141 Å². The molecule has 0 unspecified atom stereocenters. The van der Waals surface area contributed by atoms with Crippen LogP contribution in [0.1, 0.15) is 10.4 Å². The number of aryl methyl sites for hydroxylation is 1. The van der Waals surface area contributed by atoms with Crippen molar-refractivity contribution < 1.29 is 4.79 Å². The smallest absolute Gasteiger partial charge is 0.253 e. The van der Waals surface area contributed by atoms with E-state index >= 15 is 0 Å². The molecule has 2 aromatic carbocycles. The summed E-state index contributed by atoms with van der Waals surface area (Å²) in [6.45, 7) is 1.42. The number of para-hydroxylation sites is 1. The summed E-state index contributed by atoms with van der Waals surface area (Å²) in [4.78, 5) is 19.3. The molecular weight excluding hydrogens is 300 g/mol. The van der Waals surface area contributed by atoms with Crippen LogP contribution in [-0.2, 0) is 7.05 Å². The van der Waals surface area contributed by atoms with Crippen LogP contribution in [-0.4, -0.2) is 47.5 Å². The molecule has 0 radical (unpaired) electrons. The summed E-state index contributed by atoms with van der Waals surface area (Å²) >= 11 is 0. The SMILES string of the molecule is CN(C)CCNC(=O)c1cccc2c1nc(-c1ccccc1)n2C. The minimum atomic E-state index is -0.0832. The first kappa shape index (κ1) is 16.2. The van der Waals surface area contributed by atoms with Gasteiger partial charge in [-0.2, -0.15) is 0 Å². The fourth-order valence-corrected chi connectivity index (χ4v) is 2.73. The number of hydrogen-bond acceptors (Lipinski definition) is 3. The summed E-state index contributed by atoms with van der Waals surface area (Å²) < 4.78 is 2.03. The Morgan fingerprint density at radius 1 is 1.12 bits per heavy atom. The molecule has 0 bridgehead atoms. The maximum atomic E-state index is 12.5. The van der Waals surface area contributed by atoms with Gasteiger partial charge in [0, 0.05) is 25.7 Å². The number of fused-ring (bicyclic) bond motifs is 1. The number of aromatic nitrogens is 2. The Morgan fingerprint density at radius 2 is 1.88 bits per heavy atom. The lowest BCUT2D eigenvalue weighted by atomic mass is 10.1. The number of imidazole rings is 1. The number of likely N-dealkylation sites (N-methyl/N-ethyl adjacent to an activating group) is 1. The van der Waals surface area contributed by atoms with E-state index in [0.717, 1.165) is 29.0 Å². The molecule has 0 spiro atoms. The standard InChI is InChI=1S/C19H22N4O/c1-22(2)13-12-20-19(24)15-10-7-11-16-17(15)21-18(23(16)3)14-8-5-4-6-9-14/h4-11H,12-13H2,1-3H3,(H,20,24). The molecule has 0 atom stereocenters. The van der Waals surface area contributed by atoms with Crippen molar-refractivity contribution in [2.75, 3.05) is 27.2 Å². The van der Waals surface area contributed by atoms with Gasteiger partial charge in [0.15, 0.2) is 0 Å². The number of amides is 1. The van der Waals surface area contributed by atoms with Crippen LogP contribution in [0.5, 0.6) is 0 Å². The molecule has 5 heteroatoms. The average Bonchev–Trinajstić information content (AvgIpc) is 2.92. The van der Waals surface area contributed by atoms with Gasteiger partial charge in [0.05, 0.1) is 11.1 Å². The second-order valence-electron chi connectivity index (χ2n) is 6.09. The molecule has 1 heterocycles. The largest absolute Gasteiger partial charge is 0.351 e. The van der Waals surface area contributed by atoms with Gasteiger partial charge in [-0.25, -0.2) is 4.98 Å². The molecule has 1 N–H and O–H groups in total. The van der Waals surface area contributed by atoms with Gasteiger partial charge in [-0.15, -0.1) is 0 Å². The number of hydrogen-bond donors (Lipinski definition) is 1. The van der Waals surface area contributed by atoms with Crippen LogP contribution in [0, 0.1) is 0 Å². The maximum Gasteiger partial charge on any atom is 0.253 e. The third kappa shape index (κ3) is 3.16. The van der Waals surface area contributed by atoms with E-state index in [1.165, 1.54) is 0 Å². The van der Waals surface area contributed by atoms with Crippen molar-refractivity contribution in [3.8, 4) is 11.4 Å². The number of carbonyl (C=O) groups is 1. The summed E-state index contributed by atoms with van der Waals surface area (Å²) in [5.41, 5.74) is 3.34. The van der Waals surface area contributed by atoms with E-state index in [1.54, 1.807) is 0 Å². The van der Waals surface area contributed by atoms with Crippen molar-refractivity contribution in [2.45, 2.75) is 0 Å². The first-order valence-electron chi connectivity index (χ1n) is 8.01. The van der Waals surface area contributed by atoms with Crippen molar-refractivity contribution in [1.82, 2.24) is 19.8 Å². The van der Waals surface area contributed by atoms with Gasteiger partial charge >= 0.3 is 0 Å². The molecule has 0 fully saturated rings. The highest BCUT2D eigenvalue weighted by atomic mass is 16.1. The molecule has 124 valence electrons. The summed E-state index contributed by atoms with van der Waals surface area (Å²) in [7, 11) is 5.95. The second kappa shape index (κ2) is 6.84. The lowest BCUT2D eigenvalue weighted by Gasteiger charge is -2.10. The zero-order chi connectivity index (χ0) is 17.1. The summed E-state index contributed by atoms with van der Waals surface area (Å²) in [5.74, 6) is 0.777. The third-order valence-corrected chi connectivity index (χ3v) is 4.03. The Hall–Kier alpha value is -2.66. The number of nitrogens with zero attached hydrogens (tertiary/aromatic N) is 3. The lowest BCUT2D eigenvalue weighted by Crippen LogP contribution is -2.31. The molecule has 0 aliphatic carbocycles. The minimum absolute atomic E-state index is 0.0832. The lowest BCUT2D eigenvalue weighted by molar-refractivity contribution is 0.0952. The highest BCUT2D eigenvalue weighted by Crippen LogP contribution is 2.25. The van der Waals surface area contributed by atoms with E-state index in [-0.39, 0.29) is 5.91 Å². The number of nitrogens with one attached hydrogen (secondary N) is 1. The summed E-state index contributed by atoms with van der Waals surface area (Å²) in [6, 6.07) is 15.7. The van der Waals surface area contributed by atoms with E-state index in [1.807, 2.05) is 79.1 Å². The molecular formula is C19H22N4O. The molecule has 5 nitrogen and oxygen atoms in total. The Kier molecular flexibility index (Phi) is 4.62. The third-order valence-electron chi connectivity index (χ3n) is 4.03. The predicted octanol–water partition coefficient (Wildman–Crippen LogP) is 2.53. The van der Waals surface area contributed by atoms with Crippen LogP contribution in [0.4, 0.5) is 0 Å². The summed E-state index contributed by atoms with van der Waals surface area (Å²) in [5, 5.41) is 2.96. The van der Waals surface area contributed by atoms with Crippen molar-refractivity contribution in [2.24, 2.45) is 7.05 Å². The Bertz CT molecular complexity index is 852. The first-order valence-corrected chi connectivity index (χ1v) is 8.01. The average molecular weight is 322 g/mol. The van der Waals surface area contributed by atoms with Crippen LogP contribution >= 0.6 is 0 Å².